The van der Waals surface area contributed by atoms with Gasteiger partial charge in [-0.15, -0.1) is 0 Å². The number of hydrogen-bond donors (Lipinski definition) is 4. The van der Waals surface area contributed by atoms with Gasteiger partial charge in [-0.05, 0) is 6.07 Å². The van der Waals surface area contributed by atoms with Crippen LogP contribution in [0.4, 0.5) is 11.4 Å². The van der Waals surface area contributed by atoms with Gasteiger partial charge >= 0.3 is 5.97 Å². The van der Waals surface area contributed by atoms with E-state index in [9.17, 15) is 4.79 Å². The average Bonchev–Trinajstić information content (AvgIpc) is 2.16. The number of nitrogens with one attached hydrogen (secondary N) is 1. The molecule has 0 aliphatic carbocycles. The minimum Gasteiger partial charge on any atom is -0.496 e. The summed E-state index contributed by atoms with van der Waals surface area (Å²) in [6.45, 7) is 0. The number of nitrogens with two attached hydrogens (primary N) is 1. The highest BCUT2D eigenvalue weighted by Crippen LogP contribution is 2.28. The van der Waals surface area contributed by atoms with Crippen LogP contribution in [0.25, 0.3) is 0 Å². The van der Waals surface area contributed by atoms with Crippen LogP contribution >= 0.6 is 0 Å². The molecular weight excluding hydrogens is 188 g/mol. The van der Waals surface area contributed by atoms with Crippen molar-refractivity contribution in [3.63, 3.8) is 0 Å². The highest BCUT2D eigenvalue weighted by Gasteiger charge is 2.13. The van der Waals surface area contributed by atoms with Crippen LogP contribution in [-0.4, -0.2) is 23.4 Å². The number of aromatic carboxylic acids is 1. The molecule has 0 saturated carbocycles. The summed E-state index contributed by atoms with van der Waals surface area (Å²) >= 11 is 0. The van der Waals surface area contributed by atoms with E-state index in [0.717, 1.165) is 0 Å². The van der Waals surface area contributed by atoms with Gasteiger partial charge in [0.1, 0.15) is 11.3 Å². The van der Waals surface area contributed by atoms with E-state index in [1.165, 1.54) is 19.2 Å². The summed E-state index contributed by atoms with van der Waals surface area (Å²) < 4.78 is 4.82. The molecule has 1 rings (SSSR count). The fraction of sp³-hybridized carbons (Fsp3) is 0.125. The Balaban J connectivity index is 3.32. The first-order chi connectivity index (χ1) is 6.60. The van der Waals surface area contributed by atoms with Gasteiger partial charge in [-0.2, -0.15) is 0 Å². The standard InChI is InChI=1S/C8H10N2O4/c1-14-7-3-5(9)6(10-13)2-4(7)8(11)12/h2-3,10,13H,9H2,1H3,(H,11,12). The lowest BCUT2D eigenvalue weighted by atomic mass is 10.1. The molecule has 1 aromatic rings. The van der Waals surface area contributed by atoms with E-state index >= 15 is 0 Å². The van der Waals surface area contributed by atoms with Gasteiger partial charge in [0.2, 0.25) is 0 Å². The zero-order valence-corrected chi connectivity index (χ0v) is 7.44. The van der Waals surface area contributed by atoms with Crippen molar-refractivity contribution in [2.45, 2.75) is 0 Å². The molecule has 0 spiro atoms. The molecule has 6 nitrogen and oxygen atoms in total. The summed E-state index contributed by atoms with van der Waals surface area (Å²) in [5.41, 5.74) is 7.54. The zero-order valence-electron chi connectivity index (χ0n) is 7.44. The fourth-order valence-electron chi connectivity index (χ4n) is 1.03. The zero-order chi connectivity index (χ0) is 10.7. The van der Waals surface area contributed by atoms with Gasteiger partial charge in [0, 0.05) is 6.07 Å². The molecule has 1 aromatic carbocycles. The number of carboxylic acids is 1. The van der Waals surface area contributed by atoms with Crippen molar-refractivity contribution in [2.75, 3.05) is 18.3 Å². The SMILES string of the molecule is COc1cc(N)c(NO)cc1C(=O)O. The molecule has 0 unspecified atom stereocenters. The number of anilines is 2. The van der Waals surface area contributed by atoms with E-state index < -0.39 is 5.97 Å². The Morgan fingerprint density at radius 1 is 1.57 bits per heavy atom. The molecule has 0 radical (unpaired) electrons. The van der Waals surface area contributed by atoms with E-state index in [1.807, 2.05) is 0 Å². The Morgan fingerprint density at radius 3 is 2.64 bits per heavy atom. The lowest BCUT2D eigenvalue weighted by Crippen LogP contribution is -2.04. The number of carbonyl (C=O) groups is 1. The molecular formula is C8H10N2O4. The molecule has 0 aromatic heterocycles. The van der Waals surface area contributed by atoms with Crippen molar-refractivity contribution in [3.8, 4) is 5.75 Å². The first-order valence-corrected chi connectivity index (χ1v) is 3.71. The molecule has 0 saturated heterocycles. The number of nitrogen functional groups attached to an aromatic ring is 1. The molecule has 0 aliphatic rings. The molecule has 0 amide bonds. The van der Waals surface area contributed by atoms with Crippen molar-refractivity contribution < 1.29 is 19.8 Å². The topological polar surface area (TPSA) is 105 Å². The Morgan fingerprint density at radius 2 is 2.21 bits per heavy atom. The summed E-state index contributed by atoms with van der Waals surface area (Å²) in [5, 5.41) is 17.4. The lowest BCUT2D eigenvalue weighted by Gasteiger charge is -2.09. The van der Waals surface area contributed by atoms with E-state index in [1.54, 1.807) is 5.48 Å². The molecule has 14 heavy (non-hydrogen) atoms. The predicted molar refractivity (Wildman–Crippen MR) is 49.8 cm³/mol. The van der Waals surface area contributed by atoms with Gasteiger partial charge < -0.3 is 15.6 Å². The first-order valence-electron chi connectivity index (χ1n) is 3.71. The molecule has 0 aliphatic heterocycles. The molecule has 5 N–H and O–H groups in total. The monoisotopic (exact) mass is 198 g/mol. The van der Waals surface area contributed by atoms with Gasteiger partial charge in [-0.1, -0.05) is 0 Å². The van der Waals surface area contributed by atoms with Crippen LogP contribution in [0.1, 0.15) is 10.4 Å². The summed E-state index contributed by atoms with van der Waals surface area (Å²) in [4.78, 5) is 10.7. The highest BCUT2D eigenvalue weighted by atomic mass is 16.5. The van der Waals surface area contributed by atoms with Gasteiger partial charge in [0.15, 0.2) is 0 Å². The molecule has 76 valence electrons. The third-order valence-corrected chi connectivity index (χ3v) is 1.72. The van der Waals surface area contributed by atoms with Crippen LogP contribution in [-0.2, 0) is 0 Å². The molecule has 0 fully saturated rings. The van der Waals surface area contributed by atoms with Crippen molar-refractivity contribution in [1.29, 1.82) is 0 Å². The van der Waals surface area contributed by atoms with Gasteiger partial charge in [0.05, 0.1) is 18.5 Å². The summed E-state index contributed by atoms with van der Waals surface area (Å²) in [6, 6.07) is 2.51. The maximum Gasteiger partial charge on any atom is 0.339 e. The second-order valence-corrected chi connectivity index (χ2v) is 2.56. The average molecular weight is 198 g/mol. The van der Waals surface area contributed by atoms with Crippen LogP contribution in [0.5, 0.6) is 5.75 Å². The maximum atomic E-state index is 10.7. The number of hydrogen-bond acceptors (Lipinski definition) is 5. The van der Waals surface area contributed by atoms with E-state index in [4.69, 9.17) is 20.8 Å². The third-order valence-electron chi connectivity index (χ3n) is 1.72. The van der Waals surface area contributed by atoms with Gasteiger partial charge in [-0.25, -0.2) is 4.79 Å². The van der Waals surface area contributed by atoms with E-state index in [-0.39, 0.29) is 22.7 Å². The second kappa shape index (κ2) is 3.84. The number of ether oxygens (including phenoxy) is 1. The smallest absolute Gasteiger partial charge is 0.339 e. The predicted octanol–water partition coefficient (Wildman–Crippen LogP) is 0.777. The molecule has 0 atom stereocenters. The largest absolute Gasteiger partial charge is 0.496 e. The van der Waals surface area contributed by atoms with E-state index in [0.29, 0.717) is 0 Å². The second-order valence-electron chi connectivity index (χ2n) is 2.56. The number of carboxylic acid groups (broad SMARTS) is 1. The van der Waals surface area contributed by atoms with Crippen molar-refractivity contribution >= 4 is 17.3 Å². The van der Waals surface area contributed by atoms with Crippen LogP contribution in [0.15, 0.2) is 12.1 Å². The Kier molecular flexibility index (Phi) is 2.78. The lowest BCUT2D eigenvalue weighted by molar-refractivity contribution is 0.0693. The van der Waals surface area contributed by atoms with Crippen molar-refractivity contribution in [2.24, 2.45) is 0 Å². The first kappa shape index (κ1) is 10.1. The molecule has 0 heterocycles. The number of benzene rings is 1. The van der Waals surface area contributed by atoms with Crippen LogP contribution in [0.2, 0.25) is 0 Å². The Hall–Kier alpha value is -1.95. The quantitative estimate of drug-likeness (QED) is 0.422. The summed E-state index contributed by atoms with van der Waals surface area (Å²) in [6.07, 6.45) is 0. The minimum absolute atomic E-state index is 0.0711. The fourth-order valence-corrected chi connectivity index (χ4v) is 1.03. The van der Waals surface area contributed by atoms with Crippen LogP contribution in [0, 0.1) is 0 Å². The van der Waals surface area contributed by atoms with Crippen LogP contribution in [0.3, 0.4) is 0 Å². The van der Waals surface area contributed by atoms with Crippen molar-refractivity contribution in [1.82, 2.24) is 0 Å². The normalized spacial score (nSPS) is 9.57. The minimum atomic E-state index is -1.15. The maximum absolute atomic E-state index is 10.7. The summed E-state index contributed by atoms with van der Waals surface area (Å²) in [7, 11) is 1.34. The van der Waals surface area contributed by atoms with Crippen LogP contribution < -0.4 is 16.0 Å². The Bertz CT molecular complexity index is 365. The van der Waals surface area contributed by atoms with Gasteiger partial charge in [0.25, 0.3) is 0 Å². The number of rotatable bonds is 3. The van der Waals surface area contributed by atoms with Gasteiger partial charge in [-0.3, -0.25) is 10.7 Å². The molecule has 0 bridgehead atoms. The molecule has 6 heteroatoms. The summed E-state index contributed by atoms with van der Waals surface area (Å²) in [5.74, 6) is -1.01. The third kappa shape index (κ3) is 1.69. The number of methoxy groups -OCH3 is 1. The highest BCUT2D eigenvalue weighted by molar-refractivity contribution is 5.94. The Labute approximate surface area is 79.9 Å². The van der Waals surface area contributed by atoms with Crippen molar-refractivity contribution in [3.05, 3.63) is 17.7 Å². The van der Waals surface area contributed by atoms with E-state index in [2.05, 4.69) is 0 Å².